The van der Waals surface area contributed by atoms with Gasteiger partial charge in [0.2, 0.25) is 0 Å². The highest BCUT2D eigenvalue weighted by atomic mass is 16.5. The van der Waals surface area contributed by atoms with Gasteiger partial charge in [-0.05, 0) is 30.3 Å². The molecule has 4 nitrogen and oxygen atoms in total. The fourth-order valence-corrected chi connectivity index (χ4v) is 2.36. The molecule has 2 aromatic rings. The maximum atomic E-state index is 12.5. The van der Waals surface area contributed by atoms with Gasteiger partial charge in [-0.15, -0.1) is 0 Å². The van der Waals surface area contributed by atoms with E-state index in [1.807, 2.05) is 31.3 Å². The van der Waals surface area contributed by atoms with E-state index in [1.165, 1.54) is 0 Å². The molecule has 0 aromatic heterocycles. The van der Waals surface area contributed by atoms with Gasteiger partial charge in [0.25, 0.3) is 0 Å². The molecule has 0 amide bonds. The minimum Gasteiger partial charge on any atom is -0.490 e. The number of anilines is 2. The molecule has 0 atom stereocenters. The first-order valence-electron chi connectivity index (χ1n) is 6.54. The summed E-state index contributed by atoms with van der Waals surface area (Å²) in [7, 11) is 2.01. The van der Waals surface area contributed by atoms with E-state index in [0.29, 0.717) is 23.4 Å². The minimum absolute atomic E-state index is 0.0808. The fourth-order valence-electron chi connectivity index (χ4n) is 2.36. The predicted molar refractivity (Wildman–Crippen MR) is 79.5 cm³/mol. The molecule has 2 aromatic carbocycles. The van der Waals surface area contributed by atoms with Crippen molar-refractivity contribution < 1.29 is 9.53 Å². The Morgan fingerprint density at radius 1 is 1.25 bits per heavy atom. The number of carbonyl (C=O) groups excluding carboxylic acids is 1. The van der Waals surface area contributed by atoms with Crippen LogP contribution in [0.1, 0.15) is 15.9 Å². The first-order chi connectivity index (χ1) is 9.66. The van der Waals surface area contributed by atoms with Gasteiger partial charge in [0.15, 0.2) is 5.78 Å². The van der Waals surface area contributed by atoms with Crippen molar-refractivity contribution in [1.29, 1.82) is 0 Å². The van der Waals surface area contributed by atoms with Crippen LogP contribution in [-0.4, -0.2) is 26.0 Å². The first-order valence-corrected chi connectivity index (χ1v) is 6.54. The first kappa shape index (κ1) is 12.5. The maximum Gasteiger partial charge on any atom is 0.195 e. The summed E-state index contributed by atoms with van der Waals surface area (Å²) >= 11 is 0. The van der Waals surface area contributed by atoms with Crippen LogP contribution in [-0.2, 0) is 0 Å². The highest BCUT2D eigenvalue weighted by Crippen LogP contribution is 2.32. The number of para-hydroxylation sites is 1. The zero-order valence-electron chi connectivity index (χ0n) is 11.3. The normalized spacial score (nSPS) is 13.6. The molecule has 1 aliphatic heterocycles. The van der Waals surface area contributed by atoms with E-state index < -0.39 is 0 Å². The van der Waals surface area contributed by atoms with Crippen molar-refractivity contribution in [1.82, 2.24) is 0 Å². The highest BCUT2D eigenvalue weighted by molar-refractivity contribution is 6.12. The number of carbonyl (C=O) groups is 1. The summed E-state index contributed by atoms with van der Waals surface area (Å²) in [5.74, 6) is 0.668. The summed E-state index contributed by atoms with van der Waals surface area (Å²) in [6, 6.07) is 12.6. The molecule has 20 heavy (non-hydrogen) atoms. The summed E-state index contributed by atoms with van der Waals surface area (Å²) < 4.78 is 5.63. The Balaban J connectivity index is 1.99. The van der Waals surface area contributed by atoms with E-state index in [2.05, 4.69) is 4.90 Å². The topological polar surface area (TPSA) is 55.6 Å². The Morgan fingerprint density at radius 3 is 2.85 bits per heavy atom. The van der Waals surface area contributed by atoms with Crippen LogP contribution in [0.15, 0.2) is 42.5 Å². The lowest BCUT2D eigenvalue weighted by atomic mass is 10.0. The molecule has 0 saturated heterocycles. The predicted octanol–water partition coefficient (Wildman–Crippen LogP) is 2.33. The molecular weight excluding hydrogens is 252 g/mol. The standard InChI is InChI=1S/C16H16N2O2/c1-18-8-9-20-15-10-11(6-7-14(15)18)16(19)12-4-2-3-5-13(12)17/h2-7,10H,8-9,17H2,1H3. The van der Waals surface area contributed by atoms with E-state index in [9.17, 15) is 4.79 Å². The molecule has 0 bridgehead atoms. The molecule has 0 unspecified atom stereocenters. The van der Waals surface area contributed by atoms with Gasteiger partial charge in [0.1, 0.15) is 12.4 Å². The summed E-state index contributed by atoms with van der Waals surface area (Å²) in [4.78, 5) is 14.6. The third kappa shape index (κ3) is 2.09. The molecule has 102 valence electrons. The fraction of sp³-hybridized carbons (Fsp3) is 0.188. The van der Waals surface area contributed by atoms with Gasteiger partial charge in [-0.1, -0.05) is 12.1 Å². The van der Waals surface area contributed by atoms with Crippen LogP contribution in [0.25, 0.3) is 0 Å². The summed E-state index contributed by atoms with van der Waals surface area (Å²) in [6.07, 6.45) is 0. The lowest BCUT2D eigenvalue weighted by Crippen LogP contribution is -2.28. The number of fused-ring (bicyclic) bond motifs is 1. The number of hydrogen-bond acceptors (Lipinski definition) is 4. The number of rotatable bonds is 2. The zero-order valence-corrected chi connectivity index (χ0v) is 11.3. The average Bonchev–Trinajstić information content (AvgIpc) is 2.47. The third-order valence-electron chi connectivity index (χ3n) is 3.52. The average molecular weight is 268 g/mol. The Morgan fingerprint density at radius 2 is 2.05 bits per heavy atom. The number of ether oxygens (including phenoxy) is 1. The number of nitrogen functional groups attached to an aromatic ring is 1. The van der Waals surface area contributed by atoms with Crippen molar-refractivity contribution in [3.63, 3.8) is 0 Å². The van der Waals surface area contributed by atoms with Gasteiger partial charge in [0.05, 0.1) is 12.2 Å². The summed E-state index contributed by atoms with van der Waals surface area (Å²) in [5, 5.41) is 0. The largest absolute Gasteiger partial charge is 0.490 e. The highest BCUT2D eigenvalue weighted by Gasteiger charge is 2.18. The van der Waals surface area contributed by atoms with Crippen LogP contribution in [0.2, 0.25) is 0 Å². The monoisotopic (exact) mass is 268 g/mol. The van der Waals surface area contributed by atoms with Crippen molar-refractivity contribution in [2.45, 2.75) is 0 Å². The zero-order chi connectivity index (χ0) is 14.1. The Kier molecular flexibility index (Phi) is 3.06. The van der Waals surface area contributed by atoms with Gasteiger partial charge < -0.3 is 15.4 Å². The van der Waals surface area contributed by atoms with E-state index in [1.54, 1.807) is 18.2 Å². The Hall–Kier alpha value is -2.49. The number of hydrogen-bond donors (Lipinski definition) is 1. The number of benzene rings is 2. The van der Waals surface area contributed by atoms with Crippen LogP contribution >= 0.6 is 0 Å². The number of ketones is 1. The molecule has 0 aliphatic carbocycles. The molecule has 0 saturated carbocycles. The van der Waals surface area contributed by atoms with Crippen molar-refractivity contribution >= 4 is 17.2 Å². The van der Waals surface area contributed by atoms with E-state index in [-0.39, 0.29) is 5.78 Å². The molecule has 1 aliphatic rings. The van der Waals surface area contributed by atoms with E-state index in [4.69, 9.17) is 10.5 Å². The SMILES string of the molecule is CN1CCOc2cc(C(=O)c3ccccc3N)ccc21. The van der Waals surface area contributed by atoms with Crippen molar-refractivity contribution in [2.24, 2.45) is 0 Å². The van der Waals surface area contributed by atoms with Crippen molar-refractivity contribution in [3.8, 4) is 5.75 Å². The lowest BCUT2D eigenvalue weighted by molar-refractivity contribution is 0.103. The summed E-state index contributed by atoms with van der Waals surface area (Å²) in [6.45, 7) is 1.49. The third-order valence-corrected chi connectivity index (χ3v) is 3.52. The summed E-state index contributed by atoms with van der Waals surface area (Å²) in [5.41, 5.74) is 8.48. The second kappa shape index (κ2) is 4.89. The van der Waals surface area contributed by atoms with Crippen LogP contribution in [0.3, 0.4) is 0 Å². The molecule has 0 spiro atoms. The van der Waals surface area contributed by atoms with Crippen molar-refractivity contribution in [3.05, 3.63) is 53.6 Å². The number of nitrogens with two attached hydrogens (primary N) is 1. The van der Waals surface area contributed by atoms with Crippen LogP contribution in [0.5, 0.6) is 5.75 Å². The molecular formula is C16H16N2O2. The molecule has 0 radical (unpaired) electrons. The van der Waals surface area contributed by atoms with Crippen molar-refractivity contribution in [2.75, 3.05) is 30.8 Å². The Bertz CT molecular complexity index is 667. The quantitative estimate of drug-likeness (QED) is 0.671. The smallest absolute Gasteiger partial charge is 0.195 e. The molecule has 0 fully saturated rings. The van der Waals surface area contributed by atoms with E-state index >= 15 is 0 Å². The van der Waals surface area contributed by atoms with Crippen LogP contribution < -0.4 is 15.4 Å². The van der Waals surface area contributed by atoms with Crippen LogP contribution in [0.4, 0.5) is 11.4 Å². The second-order valence-electron chi connectivity index (χ2n) is 4.87. The Labute approximate surface area is 117 Å². The van der Waals surface area contributed by atoms with Gasteiger partial charge in [0, 0.05) is 23.9 Å². The van der Waals surface area contributed by atoms with Gasteiger partial charge >= 0.3 is 0 Å². The van der Waals surface area contributed by atoms with Gasteiger partial charge in [-0.3, -0.25) is 4.79 Å². The lowest BCUT2D eigenvalue weighted by Gasteiger charge is -2.27. The van der Waals surface area contributed by atoms with E-state index in [0.717, 1.165) is 18.0 Å². The van der Waals surface area contributed by atoms with Gasteiger partial charge in [-0.2, -0.15) is 0 Å². The number of likely N-dealkylation sites (N-methyl/N-ethyl adjacent to an activating group) is 1. The maximum absolute atomic E-state index is 12.5. The minimum atomic E-state index is -0.0808. The molecule has 1 heterocycles. The molecule has 2 N–H and O–H groups in total. The molecule has 3 rings (SSSR count). The van der Waals surface area contributed by atoms with Gasteiger partial charge in [-0.25, -0.2) is 0 Å². The number of nitrogens with zero attached hydrogens (tertiary/aromatic N) is 1. The van der Waals surface area contributed by atoms with Crippen LogP contribution in [0, 0.1) is 0 Å². The second-order valence-corrected chi connectivity index (χ2v) is 4.87. The molecule has 4 heteroatoms.